The summed E-state index contributed by atoms with van der Waals surface area (Å²) in [6, 6.07) is 10.4. The number of fused-ring (bicyclic) bond motifs is 1. The third-order valence-corrected chi connectivity index (χ3v) is 6.11. The highest BCUT2D eigenvalue weighted by molar-refractivity contribution is 5.88. The average molecular weight is 426 g/mol. The number of nitrogens with one attached hydrogen (secondary N) is 1. The maximum Gasteiger partial charge on any atom is 0.142 e. The summed E-state index contributed by atoms with van der Waals surface area (Å²) in [7, 11) is 1.93. The third-order valence-electron chi connectivity index (χ3n) is 6.11. The maximum atomic E-state index is 4.60. The van der Waals surface area contributed by atoms with E-state index in [1.807, 2.05) is 36.4 Å². The minimum absolute atomic E-state index is 0.433. The Kier molecular flexibility index (Phi) is 5.64. The van der Waals surface area contributed by atoms with Gasteiger partial charge in [0.05, 0.1) is 12.7 Å². The standard InChI is InChI=1S/C25H27N7/c1-18(19-6-10-32(11-7-19)17-25-26-8-3-9-27-25)30-24-13-22-12-20(4-5-21(22)14-28-24)23-15-29-31(2)16-23/h3-5,8-9,12-16,19H,1,6-7,10-11,17H2,2H3,(H,28,30). The molecule has 1 aromatic carbocycles. The third kappa shape index (κ3) is 4.53. The molecule has 4 aromatic rings. The first-order valence-electron chi connectivity index (χ1n) is 11.0. The van der Waals surface area contributed by atoms with Crippen LogP contribution in [0.2, 0.25) is 0 Å². The summed E-state index contributed by atoms with van der Waals surface area (Å²) < 4.78 is 1.82. The van der Waals surface area contributed by atoms with Gasteiger partial charge in [-0.15, -0.1) is 0 Å². The number of benzene rings is 1. The lowest BCUT2D eigenvalue weighted by atomic mass is 9.94. The number of piperidine rings is 1. The van der Waals surface area contributed by atoms with E-state index in [0.717, 1.165) is 71.7 Å². The second-order valence-electron chi connectivity index (χ2n) is 8.40. The van der Waals surface area contributed by atoms with Crippen LogP contribution in [0.15, 0.2) is 73.6 Å². The smallest absolute Gasteiger partial charge is 0.142 e. The first kappa shape index (κ1) is 20.3. The molecule has 0 amide bonds. The van der Waals surface area contributed by atoms with E-state index in [-0.39, 0.29) is 0 Å². The minimum Gasteiger partial charge on any atom is -0.344 e. The molecular weight excluding hydrogens is 398 g/mol. The lowest BCUT2D eigenvalue weighted by Gasteiger charge is -2.32. The van der Waals surface area contributed by atoms with Crippen molar-refractivity contribution < 1.29 is 0 Å². The van der Waals surface area contributed by atoms with Crippen LogP contribution in [0.1, 0.15) is 18.7 Å². The Morgan fingerprint density at radius 1 is 1.03 bits per heavy atom. The molecule has 5 rings (SSSR count). The van der Waals surface area contributed by atoms with Gasteiger partial charge in [0.2, 0.25) is 0 Å². The summed E-state index contributed by atoms with van der Waals surface area (Å²) in [5, 5.41) is 10.0. The fourth-order valence-corrected chi connectivity index (χ4v) is 4.28. The molecule has 0 spiro atoms. The highest BCUT2D eigenvalue weighted by Crippen LogP contribution is 2.28. The molecule has 0 radical (unpaired) electrons. The number of aryl methyl sites for hydroxylation is 1. The predicted octanol–water partition coefficient (Wildman–Crippen LogP) is 4.26. The van der Waals surface area contributed by atoms with Crippen LogP contribution in [0.3, 0.4) is 0 Å². The maximum absolute atomic E-state index is 4.60. The number of allylic oxidation sites excluding steroid dienone is 1. The molecule has 3 aromatic heterocycles. The number of anilines is 1. The Bertz CT molecular complexity index is 1220. The number of pyridine rings is 1. The van der Waals surface area contributed by atoms with Crippen LogP contribution in [-0.2, 0) is 13.6 Å². The van der Waals surface area contributed by atoms with Gasteiger partial charge in [0.15, 0.2) is 0 Å². The molecule has 1 aliphatic heterocycles. The van der Waals surface area contributed by atoms with Crippen LogP contribution in [0.25, 0.3) is 21.9 Å². The monoisotopic (exact) mass is 425 g/mol. The van der Waals surface area contributed by atoms with E-state index >= 15 is 0 Å². The summed E-state index contributed by atoms with van der Waals surface area (Å²) in [4.78, 5) is 15.7. The van der Waals surface area contributed by atoms with E-state index < -0.39 is 0 Å². The summed E-state index contributed by atoms with van der Waals surface area (Å²) >= 11 is 0. The van der Waals surface area contributed by atoms with Gasteiger partial charge in [0, 0.05) is 54.4 Å². The molecule has 1 N–H and O–H groups in total. The van der Waals surface area contributed by atoms with Gasteiger partial charge in [-0.3, -0.25) is 9.58 Å². The highest BCUT2D eigenvalue weighted by Gasteiger charge is 2.22. The van der Waals surface area contributed by atoms with Crippen LogP contribution >= 0.6 is 0 Å². The molecule has 0 aliphatic carbocycles. The number of hydrogen-bond donors (Lipinski definition) is 1. The molecule has 1 aliphatic rings. The van der Waals surface area contributed by atoms with Crippen molar-refractivity contribution in [3.63, 3.8) is 0 Å². The van der Waals surface area contributed by atoms with Crippen molar-refractivity contribution in [2.45, 2.75) is 19.4 Å². The Hall–Kier alpha value is -3.58. The zero-order valence-electron chi connectivity index (χ0n) is 18.3. The van der Waals surface area contributed by atoms with Gasteiger partial charge >= 0.3 is 0 Å². The Morgan fingerprint density at radius 2 is 1.84 bits per heavy atom. The van der Waals surface area contributed by atoms with E-state index in [4.69, 9.17) is 0 Å². The molecule has 1 fully saturated rings. The van der Waals surface area contributed by atoms with Crippen LogP contribution in [0, 0.1) is 5.92 Å². The number of aromatic nitrogens is 5. The largest absolute Gasteiger partial charge is 0.344 e. The van der Waals surface area contributed by atoms with Crippen molar-refractivity contribution in [1.82, 2.24) is 29.6 Å². The molecule has 0 unspecified atom stereocenters. The summed E-state index contributed by atoms with van der Waals surface area (Å²) in [5.41, 5.74) is 3.30. The minimum atomic E-state index is 0.433. The van der Waals surface area contributed by atoms with Crippen LogP contribution in [0.4, 0.5) is 5.82 Å². The molecule has 7 nitrogen and oxygen atoms in total. The number of likely N-dealkylation sites (tertiary alicyclic amines) is 1. The fourth-order valence-electron chi connectivity index (χ4n) is 4.28. The van der Waals surface area contributed by atoms with Crippen molar-refractivity contribution in [2.24, 2.45) is 13.0 Å². The van der Waals surface area contributed by atoms with Gasteiger partial charge < -0.3 is 5.32 Å². The van der Waals surface area contributed by atoms with Crippen molar-refractivity contribution in [2.75, 3.05) is 18.4 Å². The molecule has 4 heterocycles. The summed E-state index contributed by atoms with van der Waals surface area (Å²) in [6.45, 7) is 7.16. The van der Waals surface area contributed by atoms with E-state index in [9.17, 15) is 0 Å². The summed E-state index contributed by atoms with van der Waals surface area (Å²) in [5.74, 6) is 2.15. The van der Waals surface area contributed by atoms with Crippen molar-refractivity contribution in [1.29, 1.82) is 0 Å². The number of rotatable bonds is 6. The molecule has 0 saturated carbocycles. The first-order chi connectivity index (χ1) is 15.6. The van der Waals surface area contributed by atoms with E-state index in [1.54, 1.807) is 12.4 Å². The average Bonchev–Trinajstić information content (AvgIpc) is 3.26. The van der Waals surface area contributed by atoms with Crippen LogP contribution in [-0.4, -0.2) is 42.7 Å². The van der Waals surface area contributed by atoms with Gasteiger partial charge in [-0.1, -0.05) is 18.7 Å². The Balaban J connectivity index is 1.22. The second kappa shape index (κ2) is 8.88. The SMILES string of the molecule is C=C(Nc1cc2cc(-c3cnn(C)c3)ccc2cn1)C1CCN(Cc2ncccn2)CC1. The van der Waals surface area contributed by atoms with E-state index in [0.29, 0.717) is 5.92 Å². The van der Waals surface area contributed by atoms with Gasteiger partial charge in [-0.2, -0.15) is 5.10 Å². The van der Waals surface area contributed by atoms with Crippen molar-refractivity contribution in [3.8, 4) is 11.1 Å². The molecule has 162 valence electrons. The Labute approximate surface area is 187 Å². The molecule has 32 heavy (non-hydrogen) atoms. The molecule has 1 saturated heterocycles. The van der Waals surface area contributed by atoms with Gasteiger partial charge in [-0.05, 0) is 55.1 Å². The molecular formula is C25H27N7. The number of nitrogens with zero attached hydrogens (tertiary/aromatic N) is 6. The van der Waals surface area contributed by atoms with E-state index in [2.05, 4.69) is 61.1 Å². The van der Waals surface area contributed by atoms with E-state index in [1.165, 1.54) is 0 Å². The lowest BCUT2D eigenvalue weighted by Crippen LogP contribution is -2.35. The predicted molar refractivity (Wildman–Crippen MR) is 127 cm³/mol. The molecule has 0 atom stereocenters. The van der Waals surface area contributed by atoms with Crippen LogP contribution < -0.4 is 5.32 Å². The van der Waals surface area contributed by atoms with Gasteiger partial charge in [0.1, 0.15) is 11.6 Å². The Morgan fingerprint density at radius 3 is 2.59 bits per heavy atom. The quantitative estimate of drug-likeness (QED) is 0.498. The summed E-state index contributed by atoms with van der Waals surface area (Å²) in [6.07, 6.45) is 11.6. The fraction of sp³-hybridized carbons (Fsp3) is 0.280. The van der Waals surface area contributed by atoms with Crippen molar-refractivity contribution in [3.05, 3.63) is 79.4 Å². The van der Waals surface area contributed by atoms with Crippen LogP contribution in [0.5, 0.6) is 0 Å². The zero-order chi connectivity index (χ0) is 21.9. The first-order valence-corrected chi connectivity index (χ1v) is 11.0. The molecule has 0 bridgehead atoms. The normalized spacial score (nSPS) is 15.2. The van der Waals surface area contributed by atoms with Gasteiger partial charge in [0.25, 0.3) is 0 Å². The molecule has 7 heteroatoms. The van der Waals surface area contributed by atoms with Gasteiger partial charge in [-0.25, -0.2) is 15.0 Å². The number of hydrogen-bond acceptors (Lipinski definition) is 6. The topological polar surface area (TPSA) is 71.8 Å². The van der Waals surface area contributed by atoms with Crippen molar-refractivity contribution >= 4 is 16.6 Å². The highest BCUT2D eigenvalue weighted by atomic mass is 15.2. The zero-order valence-corrected chi connectivity index (χ0v) is 18.3. The second-order valence-corrected chi connectivity index (χ2v) is 8.40. The lowest BCUT2D eigenvalue weighted by molar-refractivity contribution is 0.188.